The van der Waals surface area contributed by atoms with Gasteiger partial charge in [0.05, 0.1) is 5.52 Å². The van der Waals surface area contributed by atoms with Crippen molar-refractivity contribution in [2.45, 2.75) is 32.9 Å². The van der Waals surface area contributed by atoms with Crippen LogP contribution in [-0.2, 0) is 20.9 Å². The average Bonchev–Trinajstić information content (AvgIpc) is 2.74. The summed E-state index contributed by atoms with van der Waals surface area (Å²) in [5.74, 6) is -1.17. The lowest BCUT2D eigenvalue weighted by atomic mass is 10.1. The third kappa shape index (κ3) is 3.48. The second kappa shape index (κ2) is 6.57. The van der Waals surface area contributed by atoms with Gasteiger partial charge >= 0.3 is 12.0 Å². The van der Waals surface area contributed by atoms with Gasteiger partial charge in [0.25, 0.3) is 5.91 Å². The highest BCUT2D eigenvalue weighted by Crippen LogP contribution is 2.22. The molecule has 3 rings (SSSR count). The Hall–Kier alpha value is -2.67. The fourth-order valence-corrected chi connectivity index (χ4v) is 2.89. The minimum Gasteiger partial charge on any atom is -0.459 e. The molecule has 0 spiro atoms. The number of halogens is 1. The molecule has 2 heterocycles. The summed E-state index contributed by atoms with van der Waals surface area (Å²) in [6.07, 6.45) is 0. The maximum atomic E-state index is 12.1. The third-order valence-electron chi connectivity index (χ3n) is 4.12. The number of nitrogens with zero attached hydrogens (tertiary/aromatic N) is 2. The largest absolute Gasteiger partial charge is 0.459 e. The Kier molecular flexibility index (Phi) is 4.58. The van der Waals surface area contributed by atoms with Crippen molar-refractivity contribution in [1.82, 2.24) is 15.2 Å². The zero-order valence-electron chi connectivity index (χ0n) is 14.6. The number of aromatic nitrogens is 1. The van der Waals surface area contributed by atoms with E-state index in [-0.39, 0.29) is 11.8 Å². The first-order valence-corrected chi connectivity index (χ1v) is 8.41. The summed E-state index contributed by atoms with van der Waals surface area (Å²) in [4.78, 5) is 41.1. The van der Waals surface area contributed by atoms with E-state index in [1.54, 1.807) is 19.9 Å². The van der Waals surface area contributed by atoms with Gasteiger partial charge in [-0.25, -0.2) is 9.78 Å². The van der Waals surface area contributed by atoms with Gasteiger partial charge in [-0.15, -0.1) is 0 Å². The highest BCUT2D eigenvalue weighted by Gasteiger charge is 2.45. The summed E-state index contributed by atoms with van der Waals surface area (Å²) in [7, 11) is 0. The number of hydrogen-bond donors (Lipinski definition) is 1. The van der Waals surface area contributed by atoms with E-state index in [0.29, 0.717) is 5.56 Å². The number of esters is 1. The van der Waals surface area contributed by atoms with Crippen LogP contribution >= 0.6 is 11.6 Å². The molecule has 26 heavy (non-hydrogen) atoms. The Balaban J connectivity index is 1.67. The van der Waals surface area contributed by atoms with Gasteiger partial charge in [-0.3, -0.25) is 14.5 Å². The maximum absolute atomic E-state index is 12.1. The van der Waals surface area contributed by atoms with Crippen LogP contribution in [0.4, 0.5) is 4.79 Å². The molecule has 2 aromatic rings. The first-order chi connectivity index (χ1) is 12.2. The number of aryl methyl sites for hydroxylation is 1. The number of rotatable bonds is 4. The number of nitrogens with one attached hydrogen (secondary N) is 1. The van der Waals surface area contributed by atoms with Gasteiger partial charge in [0.1, 0.15) is 23.8 Å². The number of carbonyl (C=O) groups excluding carboxylic acids is 3. The van der Waals surface area contributed by atoms with E-state index in [1.165, 1.54) is 0 Å². The van der Waals surface area contributed by atoms with Crippen LogP contribution < -0.4 is 5.32 Å². The zero-order chi connectivity index (χ0) is 19.1. The normalized spacial score (nSPS) is 16.1. The molecule has 1 fully saturated rings. The molecular weight excluding hydrogens is 358 g/mol. The Morgan fingerprint density at radius 1 is 1.31 bits per heavy atom. The number of imide groups is 1. The Labute approximate surface area is 155 Å². The Morgan fingerprint density at radius 2 is 2.04 bits per heavy atom. The minimum atomic E-state index is -1.03. The number of hydrogen-bond acceptors (Lipinski definition) is 5. The van der Waals surface area contributed by atoms with Gasteiger partial charge in [-0.2, -0.15) is 0 Å². The summed E-state index contributed by atoms with van der Waals surface area (Å²) in [5.41, 5.74) is 1.35. The van der Waals surface area contributed by atoms with Gasteiger partial charge in [0, 0.05) is 10.9 Å². The SMILES string of the molecule is Cc1ccc2cc(COC(=O)CN3C(=O)NC(C)(C)C3=O)c(Cl)nc2c1. The predicted octanol–water partition coefficient (Wildman–Crippen LogP) is 2.57. The third-order valence-corrected chi connectivity index (χ3v) is 4.45. The molecule has 7 nitrogen and oxygen atoms in total. The number of fused-ring (bicyclic) bond motifs is 1. The van der Waals surface area contributed by atoms with Crippen LogP contribution in [0, 0.1) is 6.92 Å². The topological polar surface area (TPSA) is 88.6 Å². The van der Waals surface area contributed by atoms with Crippen molar-refractivity contribution in [3.05, 3.63) is 40.5 Å². The quantitative estimate of drug-likeness (QED) is 0.504. The Morgan fingerprint density at radius 3 is 2.69 bits per heavy atom. The molecule has 1 saturated heterocycles. The van der Waals surface area contributed by atoms with Gasteiger partial charge in [0.2, 0.25) is 0 Å². The van der Waals surface area contributed by atoms with Crippen LogP contribution in [-0.4, -0.2) is 39.9 Å². The van der Waals surface area contributed by atoms with Crippen molar-refractivity contribution in [1.29, 1.82) is 0 Å². The first-order valence-electron chi connectivity index (χ1n) is 8.03. The van der Waals surface area contributed by atoms with Gasteiger partial charge in [-0.1, -0.05) is 23.7 Å². The molecule has 1 N–H and O–H groups in total. The molecule has 1 aliphatic heterocycles. The van der Waals surface area contributed by atoms with E-state index in [9.17, 15) is 14.4 Å². The highest BCUT2D eigenvalue weighted by molar-refractivity contribution is 6.30. The Bertz CT molecular complexity index is 926. The maximum Gasteiger partial charge on any atom is 0.326 e. The van der Waals surface area contributed by atoms with Gasteiger partial charge in [-0.05, 0) is 38.5 Å². The van der Waals surface area contributed by atoms with Crippen molar-refractivity contribution in [3.8, 4) is 0 Å². The second-order valence-corrected chi connectivity index (χ2v) is 7.10. The first kappa shape index (κ1) is 18.1. The van der Waals surface area contributed by atoms with Crippen molar-refractivity contribution in [3.63, 3.8) is 0 Å². The van der Waals surface area contributed by atoms with Crippen LogP contribution in [0.3, 0.4) is 0 Å². The molecule has 136 valence electrons. The van der Waals surface area contributed by atoms with Gasteiger partial charge < -0.3 is 10.1 Å². The molecule has 0 aliphatic carbocycles. The smallest absolute Gasteiger partial charge is 0.326 e. The van der Waals surface area contributed by atoms with Crippen molar-refractivity contribution < 1.29 is 19.1 Å². The summed E-state index contributed by atoms with van der Waals surface area (Å²) >= 11 is 6.16. The van der Waals surface area contributed by atoms with Gasteiger partial charge in [0.15, 0.2) is 0 Å². The van der Waals surface area contributed by atoms with E-state index in [2.05, 4.69) is 10.3 Å². The fraction of sp³-hybridized carbons (Fsp3) is 0.333. The van der Waals surface area contributed by atoms with Crippen molar-refractivity contribution in [2.24, 2.45) is 0 Å². The molecule has 0 radical (unpaired) electrons. The molecule has 8 heteroatoms. The number of pyridine rings is 1. The molecule has 0 atom stereocenters. The van der Waals surface area contributed by atoms with E-state index in [1.807, 2.05) is 25.1 Å². The van der Waals surface area contributed by atoms with Crippen LogP contribution in [0.25, 0.3) is 10.9 Å². The van der Waals surface area contributed by atoms with Crippen molar-refractivity contribution in [2.75, 3.05) is 6.54 Å². The molecule has 1 aliphatic rings. The number of carbonyl (C=O) groups is 3. The standard InChI is InChI=1S/C18H18ClN3O4/c1-10-4-5-11-7-12(15(19)20-13(11)6-10)9-26-14(23)8-22-16(24)18(2,3)21-17(22)25/h4-7H,8-9H2,1-3H3,(H,21,25). The second-order valence-electron chi connectivity index (χ2n) is 6.74. The number of ether oxygens (including phenoxy) is 1. The zero-order valence-corrected chi connectivity index (χ0v) is 15.4. The number of benzene rings is 1. The molecule has 0 saturated carbocycles. The van der Waals surface area contributed by atoms with E-state index >= 15 is 0 Å². The molecule has 0 bridgehead atoms. The molecule has 1 aromatic heterocycles. The molecule has 1 aromatic carbocycles. The predicted molar refractivity (Wildman–Crippen MR) is 95.6 cm³/mol. The van der Waals surface area contributed by atoms with E-state index in [0.717, 1.165) is 21.4 Å². The molecule has 3 amide bonds. The van der Waals surface area contributed by atoms with Crippen LogP contribution in [0.2, 0.25) is 5.15 Å². The lowest BCUT2D eigenvalue weighted by Crippen LogP contribution is -2.41. The lowest BCUT2D eigenvalue weighted by molar-refractivity contribution is -0.148. The van der Waals surface area contributed by atoms with E-state index < -0.39 is 30.0 Å². The minimum absolute atomic E-state index is 0.0957. The summed E-state index contributed by atoms with van der Waals surface area (Å²) in [6, 6.07) is 6.96. The highest BCUT2D eigenvalue weighted by atomic mass is 35.5. The molecular formula is C18H18ClN3O4. The number of urea groups is 1. The monoisotopic (exact) mass is 375 g/mol. The summed E-state index contributed by atoms with van der Waals surface area (Å²) in [6.45, 7) is 4.55. The average molecular weight is 376 g/mol. The summed E-state index contributed by atoms with van der Waals surface area (Å²) in [5, 5.41) is 3.62. The molecule has 0 unspecified atom stereocenters. The van der Waals surface area contributed by atoms with Crippen LogP contribution in [0.15, 0.2) is 24.3 Å². The fourth-order valence-electron chi connectivity index (χ4n) is 2.69. The number of amides is 3. The van der Waals surface area contributed by atoms with Crippen molar-refractivity contribution >= 4 is 40.4 Å². The summed E-state index contributed by atoms with van der Waals surface area (Å²) < 4.78 is 5.17. The van der Waals surface area contributed by atoms with E-state index in [4.69, 9.17) is 16.3 Å². The van der Waals surface area contributed by atoms with Crippen LogP contribution in [0.5, 0.6) is 0 Å². The lowest BCUT2D eigenvalue weighted by Gasteiger charge is -2.15. The van der Waals surface area contributed by atoms with Crippen LogP contribution in [0.1, 0.15) is 25.0 Å².